The normalized spacial score (nSPS) is 16.3. The lowest BCUT2D eigenvalue weighted by Gasteiger charge is -2.30. The topological polar surface area (TPSA) is 104 Å². The molecule has 0 saturated carbocycles. The van der Waals surface area contributed by atoms with Crippen molar-refractivity contribution in [1.29, 1.82) is 0 Å². The summed E-state index contributed by atoms with van der Waals surface area (Å²) in [6.07, 6.45) is 0. The monoisotopic (exact) mass is 567 g/mol. The van der Waals surface area contributed by atoms with Crippen LogP contribution in [0.4, 0.5) is 5.69 Å². The number of likely N-dealkylation sites (N-methyl/N-ethyl adjacent to an activating group) is 1. The van der Waals surface area contributed by atoms with Gasteiger partial charge in [-0.05, 0) is 72.9 Å². The molecule has 1 amide bonds. The van der Waals surface area contributed by atoms with Crippen molar-refractivity contribution >= 4 is 23.5 Å². The summed E-state index contributed by atoms with van der Waals surface area (Å²) >= 11 is 0. The number of hydrogen-bond acceptors (Lipinski definition) is 9. The second-order valence-corrected chi connectivity index (χ2v) is 12.6. The van der Waals surface area contributed by atoms with E-state index in [2.05, 4.69) is 10.2 Å². The van der Waals surface area contributed by atoms with Crippen molar-refractivity contribution in [2.45, 2.75) is 65.8 Å². The Hall–Kier alpha value is -3.34. The fraction of sp³-hybridized carbons (Fsp3) is 0.548. The first-order valence-electron chi connectivity index (χ1n) is 14.1. The number of esters is 2. The number of rotatable bonds is 6. The average Bonchev–Trinajstić information content (AvgIpc) is 2.83. The molecule has 10 nitrogen and oxygen atoms in total. The summed E-state index contributed by atoms with van der Waals surface area (Å²) in [4.78, 5) is 49.5. The highest BCUT2D eigenvalue weighted by Crippen LogP contribution is 2.18. The molecule has 0 fully saturated rings. The number of aromatic nitrogens is 1. The minimum absolute atomic E-state index is 0.119. The zero-order valence-electron chi connectivity index (χ0n) is 25.5. The fourth-order valence-corrected chi connectivity index (χ4v) is 4.41. The minimum atomic E-state index is -0.578. The molecule has 0 aliphatic carbocycles. The third kappa shape index (κ3) is 12.0. The van der Waals surface area contributed by atoms with Crippen LogP contribution in [0.2, 0.25) is 0 Å². The van der Waals surface area contributed by atoms with Gasteiger partial charge in [-0.25, -0.2) is 0 Å². The molecular formula is C31H45N5O5. The molecule has 10 heteroatoms. The van der Waals surface area contributed by atoms with E-state index in [-0.39, 0.29) is 30.9 Å². The molecule has 1 aliphatic rings. The van der Waals surface area contributed by atoms with Gasteiger partial charge in [-0.2, -0.15) is 0 Å². The van der Waals surface area contributed by atoms with E-state index in [9.17, 15) is 14.4 Å². The lowest BCUT2D eigenvalue weighted by atomic mass is 10.2. The molecule has 3 rings (SSSR count). The first-order chi connectivity index (χ1) is 19.1. The van der Waals surface area contributed by atoms with Crippen molar-refractivity contribution in [1.82, 2.24) is 19.7 Å². The SMILES string of the molecule is CN1CCN(CC(=O)OC(C)(C)C)Cc2cc(NC(=O)c3ccccc3)cc(n2)CN(CC(=O)OC(C)(C)C)CC1. The van der Waals surface area contributed by atoms with Gasteiger partial charge in [-0.3, -0.25) is 29.2 Å². The van der Waals surface area contributed by atoms with Crippen LogP contribution in [0.25, 0.3) is 0 Å². The predicted molar refractivity (Wildman–Crippen MR) is 158 cm³/mol. The number of benzene rings is 1. The van der Waals surface area contributed by atoms with Crippen molar-refractivity contribution in [2.24, 2.45) is 0 Å². The summed E-state index contributed by atoms with van der Waals surface area (Å²) < 4.78 is 11.2. The Labute approximate surface area is 244 Å². The molecule has 2 aromatic rings. The van der Waals surface area contributed by atoms with E-state index in [4.69, 9.17) is 14.5 Å². The summed E-state index contributed by atoms with van der Waals surface area (Å²) in [5, 5.41) is 2.99. The van der Waals surface area contributed by atoms with Crippen molar-refractivity contribution in [3.63, 3.8) is 0 Å². The number of fused-ring (bicyclic) bond motifs is 2. The van der Waals surface area contributed by atoms with Crippen molar-refractivity contribution < 1.29 is 23.9 Å². The number of amides is 1. The molecule has 0 unspecified atom stereocenters. The van der Waals surface area contributed by atoms with Crippen LogP contribution in [-0.2, 0) is 32.2 Å². The molecule has 1 aromatic heterocycles. The van der Waals surface area contributed by atoms with E-state index in [1.54, 1.807) is 12.1 Å². The van der Waals surface area contributed by atoms with Crippen LogP contribution in [0, 0.1) is 0 Å². The number of ether oxygens (including phenoxy) is 2. The number of carbonyl (C=O) groups is 3. The van der Waals surface area contributed by atoms with E-state index in [0.29, 0.717) is 61.9 Å². The van der Waals surface area contributed by atoms with E-state index in [0.717, 1.165) is 0 Å². The predicted octanol–water partition coefficient (Wildman–Crippen LogP) is 3.57. The molecule has 0 radical (unpaired) electrons. The fourth-order valence-electron chi connectivity index (χ4n) is 4.41. The molecule has 2 heterocycles. The molecule has 1 N–H and O–H groups in total. The molecule has 1 aliphatic heterocycles. The second kappa shape index (κ2) is 14.0. The Balaban J connectivity index is 1.91. The second-order valence-electron chi connectivity index (χ2n) is 12.6. The van der Waals surface area contributed by atoms with E-state index >= 15 is 0 Å². The highest BCUT2D eigenvalue weighted by molar-refractivity contribution is 6.04. The Kier molecular flexibility index (Phi) is 11.0. The van der Waals surface area contributed by atoms with Crippen LogP contribution in [0.3, 0.4) is 0 Å². The number of anilines is 1. The Morgan fingerprint density at radius 1 is 0.780 bits per heavy atom. The lowest BCUT2D eigenvalue weighted by Crippen LogP contribution is -2.42. The van der Waals surface area contributed by atoms with Crippen LogP contribution in [-0.4, -0.2) is 95.0 Å². The standard InChI is InChI=1S/C31H45N5O5/c1-30(2,3)40-27(37)21-35-15-13-34(7)14-16-36(22-28(38)41-31(4,5)6)20-26-18-24(17-25(19-35)32-26)33-29(39)23-11-9-8-10-12-23/h8-12,17-18H,13-16,19-22H2,1-7H3,(H,32,33,39). The zero-order valence-corrected chi connectivity index (χ0v) is 25.5. The lowest BCUT2D eigenvalue weighted by molar-refractivity contribution is -0.157. The smallest absolute Gasteiger partial charge is 0.320 e. The number of hydrogen-bond donors (Lipinski definition) is 1. The molecule has 224 valence electrons. The molecule has 0 spiro atoms. The quantitative estimate of drug-likeness (QED) is 0.525. The summed E-state index contributed by atoms with van der Waals surface area (Å²) in [6, 6.07) is 12.7. The van der Waals surface area contributed by atoms with Gasteiger partial charge in [0.05, 0.1) is 24.5 Å². The largest absolute Gasteiger partial charge is 0.459 e. The van der Waals surface area contributed by atoms with Gasteiger partial charge in [0.25, 0.3) is 5.91 Å². The van der Waals surface area contributed by atoms with Gasteiger partial charge >= 0.3 is 11.9 Å². The highest BCUT2D eigenvalue weighted by atomic mass is 16.6. The number of nitrogens with zero attached hydrogens (tertiary/aromatic N) is 4. The molecule has 2 bridgehead atoms. The van der Waals surface area contributed by atoms with Gasteiger partial charge in [0.1, 0.15) is 11.2 Å². The van der Waals surface area contributed by atoms with E-state index < -0.39 is 11.2 Å². The molecule has 0 saturated heterocycles. The first-order valence-corrected chi connectivity index (χ1v) is 14.1. The molecular weight excluding hydrogens is 522 g/mol. The van der Waals surface area contributed by atoms with Gasteiger partial charge in [0, 0.05) is 50.5 Å². The molecule has 41 heavy (non-hydrogen) atoms. The Morgan fingerprint density at radius 3 is 1.68 bits per heavy atom. The first kappa shape index (κ1) is 32.2. The van der Waals surface area contributed by atoms with Crippen LogP contribution in [0.15, 0.2) is 42.5 Å². The summed E-state index contributed by atoms with van der Waals surface area (Å²) in [5.41, 5.74) is 1.39. The maximum atomic E-state index is 13.0. The Morgan fingerprint density at radius 2 is 1.24 bits per heavy atom. The Bertz CT molecular complexity index is 1130. The van der Waals surface area contributed by atoms with E-state index in [1.807, 2.05) is 88.7 Å². The molecule has 0 atom stereocenters. The maximum Gasteiger partial charge on any atom is 0.320 e. The van der Waals surface area contributed by atoms with Crippen molar-refractivity contribution in [2.75, 3.05) is 51.6 Å². The van der Waals surface area contributed by atoms with Gasteiger partial charge in [-0.15, -0.1) is 0 Å². The number of nitrogens with one attached hydrogen (secondary N) is 1. The van der Waals surface area contributed by atoms with Crippen LogP contribution in [0.5, 0.6) is 0 Å². The number of carbonyl (C=O) groups excluding carboxylic acids is 3. The zero-order chi connectivity index (χ0) is 30.2. The van der Waals surface area contributed by atoms with Crippen LogP contribution >= 0.6 is 0 Å². The van der Waals surface area contributed by atoms with Gasteiger partial charge < -0.3 is 19.7 Å². The van der Waals surface area contributed by atoms with Crippen molar-refractivity contribution in [3.8, 4) is 0 Å². The minimum Gasteiger partial charge on any atom is -0.459 e. The third-order valence-electron chi connectivity index (χ3n) is 6.14. The third-order valence-corrected chi connectivity index (χ3v) is 6.14. The van der Waals surface area contributed by atoms with Gasteiger partial charge in [0.2, 0.25) is 0 Å². The average molecular weight is 568 g/mol. The maximum absolute atomic E-state index is 13.0. The summed E-state index contributed by atoms with van der Waals surface area (Å²) in [6.45, 7) is 14.8. The number of pyridine rings is 1. The van der Waals surface area contributed by atoms with Crippen LogP contribution in [0.1, 0.15) is 63.3 Å². The van der Waals surface area contributed by atoms with Crippen molar-refractivity contribution in [3.05, 3.63) is 59.4 Å². The summed E-state index contributed by atoms with van der Waals surface area (Å²) in [7, 11) is 2.03. The summed E-state index contributed by atoms with van der Waals surface area (Å²) in [5.74, 6) is -0.832. The van der Waals surface area contributed by atoms with Crippen LogP contribution < -0.4 is 5.32 Å². The van der Waals surface area contributed by atoms with Gasteiger partial charge in [-0.1, -0.05) is 18.2 Å². The highest BCUT2D eigenvalue weighted by Gasteiger charge is 2.23. The van der Waals surface area contributed by atoms with E-state index in [1.165, 1.54) is 0 Å². The van der Waals surface area contributed by atoms with Gasteiger partial charge in [0.15, 0.2) is 0 Å². The molecule has 1 aromatic carbocycles.